The van der Waals surface area contributed by atoms with Gasteiger partial charge in [-0.25, -0.2) is 4.79 Å². The van der Waals surface area contributed by atoms with Crippen LogP contribution in [0.25, 0.3) is 0 Å². The summed E-state index contributed by atoms with van der Waals surface area (Å²) in [6.45, 7) is -2.67. The van der Waals surface area contributed by atoms with E-state index in [0.717, 1.165) is 12.8 Å². The summed E-state index contributed by atoms with van der Waals surface area (Å²) >= 11 is 0. The number of amides is 1. The largest absolute Gasteiger partial charge is 0.493 e. The number of nitrogens with zero attached hydrogens (tertiary/aromatic N) is 1. The number of hydrogen-bond acceptors (Lipinski definition) is 4. The van der Waals surface area contributed by atoms with Crippen molar-refractivity contribution in [1.29, 1.82) is 0 Å². The van der Waals surface area contributed by atoms with Gasteiger partial charge in [0.15, 0.2) is 11.5 Å². The first-order valence-electron chi connectivity index (χ1n) is 7.10. The lowest BCUT2D eigenvalue weighted by molar-refractivity contribution is -0.143. The fourth-order valence-electron chi connectivity index (χ4n) is 2.59. The first kappa shape index (κ1) is 17.0. The van der Waals surface area contributed by atoms with E-state index >= 15 is 0 Å². The van der Waals surface area contributed by atoms with Crippen LogP contribution >= 0.6 is 0 Å². The Morgan fingerprint density at radius 2 is 2.04 bits per heavy atom. The molecule has 0 saturated carbocycles. The maximum absolute atomic E-state index is 12.5. The number of benzene rings is 1. The average Bonchev–Trinajstić information content (AvgIpc) is 2.54. The Bertz CT molecular complexity index is 593. The molecule has 1 atom stereocenters. The van der Waals surface area contributed by atoms with Crippen molar-refractivity contribution < 1.29 is 33.0 Å². The molecule has 0 radical (unpaired) electrons. The summed E-state index contributed by atoms with van der Waals surface area (Å²) in [5.74, 6) is -1.73. The van der Waals surface area contributed by atoms with Crippen LogP contribution in [0.3, 0.4) is 0 Å². The molecule has 1 N–H and O–H groups in total. The van der Waals surface area contributed by atoms with Crippen molar-refractivity contribution in [1.82, 2.24) is 4.90 Å². The number of carbonyl (C=O) groups is 2. The van der Waals surface area contributed by atoms with Crippen molar-refractivity contribution in [2.45, 2.75) is 31.9 Å². The highest BCUT2D eigenvalue weighted by molar-refractivity contribution is 5.97. The van der Waals surface area contributed by atoms with E-state index in [1.165, 1.54) is 30.2 Å². The summed E-state index contributed by atoms with van der Waals surface area (Å²) in [7, 11) is 1.27. The van der Waals surface area contributed by atoms with Gasteiger partial charge in [-0.15, -0.1) is 0 Å². The van der Waals surface area contributed by atoms with Crippen LogP contribution in [0.4, 0.5) is 8.78 Å². The minimum atomic E-state index is -3.01. The number of rotatable bonds is 5. The number of ether oxygens (including phenoxy) is 2. The van der Waals surface area contributed by atoms with Gasteiger partial charge in [0.1, 0.15) is 6.04 Å². The van der Waals surface area contributed by atoms with Gasteiger partial charge in [0.05, 0.1) is 7.11 Å². The lowest BCUT2D eigenvalue weighted by atomic mass is 10.0. The maximum Gasteiger partial charge on any atom is 0.387 e. The van der Waals surface area contributed by atoms with Crippen LogP contribution in [0.1, 0.15) is 29.6 Å². The fraction of sp³-hybridized carbons (Fsp3) is 0.467. The number of carbonyl (C=O) groups excluding carboxylic acids is 1. The highest BCUT2D eigenvalue weighted by Gasteiger charge is 2.32. The molecule has 23 heavy (non-hydrogen) atoms. The highest BCUT2D eigenvalue weighted by Crippen LogP contribution is 2.30. The second-order valence-electron chi connectivity index (χ2n) is 5.09. The first-order valence-corrected chi connectivity index (χ1v) is 7.10. The summed E-state index contributed by atoms with van der Waals surface area (Å²) in [5.41, 5.74) is 0.164. The molecule has 1 amide bonds. The summed E-state index contributed by atoms with van der Waals surface area (Å²) in [6.07, 6.45) is 1.86. The molecule has 0 spiro atoms. The van der Waals surface area contributed by atoms with Crippen LogP contribution in [-0.4, -0.2) is 48.2 Å². The van der Waals surface area contributed by atoms with E-state index in [9.17, 15) is 23.5 Å². The lowest BCUT2D eigenvalue weighted by Gasteiger charge is -2.33. The number of halogens is 2. The zero-order valence-electron chi connectivity index (χ0n) is 12.5. The molecule has 1 heterocycles. The number of likely N-dealkylation sites (tertiary alicyclic amines) is 1. The normalized spacial score (nSPS) is 17.9. The van der Waals surface area contributed by atoms with Crippen molar-refractivity contribution >= 4 is 11.9 Å². The van der Waals surface area contributed by atoms with Crippen molar-refractivity contribution in [3.05, 3.63) is 23.8 Å². The number of carboxylic acids is 1. The molecule has 1 unspecified atom stereocenters. The number of alkyl halides is 2. The van der Waals surface area contributed by atoms with Crippen molar-refractivity contribution in [2.75, 3.05) is 13.7 Å². The molecule has 2 rings (SSSR count). The predicted molar refractivity (Wildman–Crippen MR) is 75.9 cm³/mol. The molecule has 1 aliphatic rings. The van der Waals surface area contributed by atoms with Crippen molar-refractivity contribution in [3.63, 3.8) is 0 Å². The summed E-state index contributed by atoms with van der Waals surface area (Å²) in [4.78, 5) is 25.1. The van der Waals surface area contributed by atoms with Crippen LogP contribution in [-0.2, 0) is 4.79 Å². The minimum absolute atomic E-state index is 0.0139. The van der Waals surface area contributed by atoms with Gasteiger partial charge in [0.2, 0.25) is 0 Å². The maximum atomic E-state index is 12.5. The van der Waals surface area contributed by atoms with Gasteiger partial charge in [-0.05, 0) is 37.5 Å². The Labute approximate surface area is 131 Å². The van der Waals surface area contributed by atoms with E-state index in [1.54, 1.807) is 0 Å². The average molecular weight is 329 g/mol. The Morgan fingerprint density at radius 1 is 1.30 bits per heavy atom. The zero-order valence-corrected chi connectivity index (χ0v) is 12.5. The monoisotopic (exact) mass is 329 g/mol. The first-order chi connectivity index (χ1) is 10.9. The van der Waals surface area contributed by atoms with Crippen LogP contribution in [0.2, 0.25) is 0 Å². The summed E-state index contributed by atoms with van der Waals surface area (Å²) in [6, 6.07) is 2.92. The molecule has 0 aliphatic carbocycles. The third kappa shape index (κ3) is 3.88. The molecule has 1 saturated heterocycles. The smallest absolute Gasteiger partial charge is 0.387 e. The number of carboxylic acid groups (broad SMARTS) is 1. The number of aliphatic carboxylic acids is 1. The summed E-state index contributed by atoms with van der Waals surface area (Å²) in [5, 5.41) is 9.23. The van der Waals surface area contributed by atoms with Crippen LogP contribution < -0.4 is 9.47 Å². The van der Waals surface area contributed by atoms with Crippen molar-refractivity contribution in [2.24, 2.45) is 0 Å². The van der Waals surface area contributed by atoms with E-state index in [-0.39, 0.29) is 17.1 Å². The number of piperidine rings is 1. The number of hydrogen-bond donors (Lipinski definition) is 1. The molecule has 8 heteroatoms. The Kier molecular flexibility index (Phi) is 5.36. The molecule has 1 fully saturated rings. The molecule has 6 nitrogen and oxygen atoms in total. The van der Waals surface area contributed by atoms with E-state index in [2.05, 4.69) is 4.74 Å². The third-order valence-electron chi connectivity index (χ3n) is 3.68. The molecular weight excluding hydrogens is 312 g/mol. The lowest BCUT2D eigenvalue weighted by Crippen LogP contribution is -2.47. The van der Waals surface area contributed by atoms with Crippen molar-refractivity contribution in [3.8, 4) is 11.5 Å². The Morgan fingerprint density at radius 3 is 2.65 bits per heavy atom. The zero-order chi connectivity index (χ0) is 17.0. The van der Waals surface area contributed by atoms with E-state index < -0.39 is 24.5 Å². The number of methoxy groups -OCH3 is 1. The van der Waals surface area contributed by atoms with Crippen LogP contribution in [0.15, 0.2) is 18.2 Å². The van der Waals surface area contributed by atoms with Gasteiger partial charge in [0, 0.05) is 12.1 Å². The molecule has 0 aromatic heterocycles. The highest BCUT2D eigenvalue weighted by atomic mass is 19.3. The van der Waals surface area contributed by atoms with Gasteiger partial charge in [-0.2, -0.15) is 8.78 Å². The topological polar surface area (TPSA) is 76.1 Å². The SMILES string of the molecule is COc1cc(C(=O)N2CCCCC2C(=O)O)ccc1OC(F)F. The minimum Gasteiger partial charge on any atom is -0.493 e. The van der Waals surface area contributed by atoms with Gasteiger partial charge < -0.3 is 19.5 Å². The molecule has 0 bridgehead atoms. The molecule has 1 aromatic carbocycles. The molecule has 1 aromatic rings. The van der Waals surface area contributed by atoms with Gasteiger partial charge in [-0.1, -0.05) is 0 Å². The standard InChI is InChI=1S/C15H17F2NO5/c1-22-12-8-9(5-6-11(12)23-15(16)17)13(19)18-7-3-2-4-10(18)14(20)21/h5-6,8,10,15H,2-4,7H2,1H3,(H,20,21). The van der Waals surface area contributed by atoms with E-state index in [4.69, 9.17) is 4.74 Å². The quantitative estimate of drug-likeness (QED) is 0.897. The van der Waals surface area contributed by atoms with Gasteiger partial charge in [0.25, 0.3) is 5.91 Å². The van der Waals surface area contributed by atoms with Crippen LogP contribution in [0, 0.1) is 0 Å². The molecule has 1 aliphatic heterocycles. The van der Waals surface area contributed by atoms with Crippen LogP contribution in [0.5, 0.6) is 11.5 Å². The third-order valence-corrected chi connectivity index (χ3v) is 3.68. The second kappa shape index (κ2) is 7.26. The predicted octanol–water partition coefficient (Wildman–Crippen LogP) is 2.38. The van der Waals surface area contributed by atoms with Gasteiger partial charge >= 0.3 is 12.6 Å². The van der Waals surface area contributed by atoms with Gasteiger partial charge in [-0.3, -0.25) is 4.79 Å². The molecule has 126 valence electrons. The molecular formula is C15H17F2NO5. The Hall–Kier alpha value is -2.38. The van der Waals surface area contributed by atoms with E-state index in [0.29, 0.717) is 13.0 Å². The Balaban J connectivity index is 2.26. The fourth-order valence-corrected chi connectivity index (χ4v) is 2.59. The summed E-state index contributed by atoms with van der Waals surface area (Å²) < 4.78 is 33.9. The van der Waals surface area contributed by atoms with E-state index in [1.807, 2.05) is 0 Å². The second-order valence-corrected chi connectivity index (χ2v) is 5.09.